The van der Waals surface area contributed by atoms with Gasteiger partial charge < -0.3 is 9.32 Å². The van der Waals surface area contributed by atoms with Crippen molar-refractivity contribution < 1.29 is 4.42 Å². The van der Waals surface area contributed by atoms with Gasteiger partial charge in [-0.2, -0.15) is 0 Å². The van der Waals surface area contributed by atoms with Gasteiger partial charge in [0.15, 0.2) is 0 Å². The normalized spacial score (nSPS) is 11.6. The number of anilines is 3. The monoisotopic (exact) mass is 561 g/mol. The molecule has 2 heteroatoms. The van der Waals surface area contributed by atoms with E-state index in [4.69, 9.17) is 4.42 Å². The zero-order valence-electron chi connectivity index (χ0n) is 23.9. The molecule has 0 amide bonds. The fourth-order valence-corrected chi connectivity index (χ4v) is 6.72. The minimum Gasteiger partial charge on any atom is -0.456 e. The number of benzene rings is 8. The molecule has 0 aliphatic rings. The molecule has 0 saturated heterocycles. The van der Waals surface area contributed by atoms with Crippen LogP contribution in [0.2, 0.25) is 0 Å². The Bertz CT molecular complexity index is 2510. The molecule has 44 heavy (non-hydrogen) atoms. The zero-order chi connectivity index (χ0) is 29.0. The van der Waals surface area contributed by atoms with E-state index in [2.05, 4.69) is 157 Å². The predicted octanol–water partition coefficient (Wildman–Crippen LogP) is 12.2. The molecule has 0 fully saturated rings. The van der Waals surface area contributed by atoms with Gasteiger partial charge in [-0.15, -0.1) is 0 Å². The minimum atomic E-state index is 0.917. The second-order valence-electron chi connectivity index (χ2n) is 11.4. The van der Waals surface area contributed by atoms with Gasteiger partial charge in [-0.3, -0.25) is 0 Å². The summed E-state index contributed by atoms with van der Waals surface area (Å²) in [6.45, 7) is 0. The lowest BCUT2D eigenvalue weighted by Gasteiger charge is -2.27. The van der Waals surface area contributed by atoms with E-state index in [-0.39, 0.29) is 0 Å². The topological polar surface area (TPSA) is 16.4 Å². The summed E-state index contributed by atoms with van der Waals surface area (Å²) in [5.41, 5.74) is 7.56. The summed E-state index contributed by atoms with van der Waals surface area (Å²) in [7, 11) is 0. The standard InChI is InChI=1S/C42H27NO/c1-2-9-28(10-3-1)30-12-8-13-33(25-30)43(34-20-22-37-31(26-34)18-17-29-11-4-5-14-36(29)37)35-21-23-38-32(27-35)19-24-41-42(38)39-15-6-7-16-40(39)44-41/h1-27H. The van der Waals surface area contributed by atoms with Crippen LogP contribution in [0.5, 0.6) is 0 Å². The molecule has 0 radical (unpaired) electrons. The highest BCUT2D eigenvalue weighted by molar-refractivity contribution is 6.19. The molecule has 0 atom stereocenters. The third-order valence-corrected chi connectivity index (χ3v) is 8.80. The first-order valence-corrected chi connectivity index (χ1v) is 15.0. The van der Waals surface area contributed by atoms with Crippen molar-refractivity contribution in [3.63, 3.8) is 0 Å². The fraction of sp³-hybridized carbons (Fsp3) is 0. The second-order valence-corrected chi connectivity index (χ2v) is 11.4. The summed E-state index contributed by atoms with van der Waals surface area (Å²) < 4.78 is 6.19. The molecule has 0 unspecified atom stereocenters. The summed E-state index contributed by atoms with van der Waals surface area (Å²) in [6.07, 6.45) is 0. The molecule has 8 aromatic carbocycles. The molecule has 2 nitrogen and oxygen atoms in total. The van der Waals surface area contributed by atoms with Gasteiger partial charge in [0.25, 0.3) is 0 Å². The molecule has 1 aromatic heterocycles. The van der Waals surface area contributed by atoms with Crippen LogP contribution >= 0.6 is 0 Å². The first kappa shape index (κ1) is 24.7. The molecule has 9 aromatic rings. The number of hydrogen-bond acceptors (Lipinski definition) is 2. The maximum absolute atomic E-state index is 6.19. The molecule has 0 bridgehead atoms. The Labute approximate surface area is 255 Å². The molecular weight excluding hydrogens is 534 g/mol. The van der Waals surface area contributed by atoms with Crippen LogP contribution in [0, 0.1) is 0 Å². The largest absolute Gasteiger partial charge is 0.456 e. The molecule has 0 saturated carbocycles. The fourth-order valence-electron chi connectivity index (χ4n) is 6.72. The Hall–Kier alpha value is -5.86. The summed E-state index contributed by atoms with van der Waals surface area (Å²) >= 11 is 0. The molecule has 206 valence electrons. The maximum atomic E-state index is 6.19. The zero-order valence-corrected chi connectivity index (χ0v) is 23.9. The lowest BCUT2D eigenvalue weighted by atomic mass is 10.00. The number of furan rings is 1. The lowest BCUT2D eigenvalue weighted by molar-refractivity contribution is 0.669. The summed E-state index contributed by atoms with van der Waals surface area (Å²) in [4.78, 5) is 2.37. The Morgan fingerprint density at radius 1 is 0.341 bits per heavy atom. The van der Waals surface area contributed by atoms with Crippen LogP contribution < -0.4 is 4.90 Å². The van der Waals surface area contributed by atoms with Gasteiger partial charge in [-0.25, -0.2) is 0 Å². The third-order valence-electron chi connectivity index (χ3n) is 8.80. The van der Waals surface area contributed by atoms with Gasteiger partial charge in [0.1, 0.15) is 11.2 Å². The second kappa shape index (κ2) is 9.86. The van der Waals surface area contributed by atoms with E-state index in [1.54, 1.807) is 0 Å². The highest BCUT2D eigenvalue weighted by atomic mass is 16.3. The third kappa shape index (κ3) is 3.96. The molecule has 0 aliphatic carbocycles. The average molecular weight is 562 g/mol. The Morgan fingerprint density at radius 2 is 0.955 bits per heavy atom. The van der Waals surface area contributed by atoms with Gasteiger partial charge in [0.05, 0.1) is 0 Å². The van der Waals surface area contributed by atoms with Gasteiger partial charge in [-0.05, 0) is 92.0 Å². The number of rotatable bonds is 4. The van der Waals surface area contributed by atoms with E-state index in [1.807, 2.05) is 12.1 Å². The molecule has 9 rings (SSSR count). The van der Waals surface area contributed by atoms with Gasteiger partial charge in [0, 0.05) is 27.8 Å². The summed E-state index contributed by atoms with van der Waals surface area (Å²) in [5, 5.41) is 9.70. The molecular formula is C42H27NO. The first-order valence-electron chi connectivity index (χ1n) is 15.0. The summed E-state index contributed by atoms with van der Waals surface area (Å²) in [5.74, 6) is 0. The van der Waals surface area contributed by atoms with E-state index >= 15 is 0 Å². The van der Waals surface area contributed by atoms with Crippen LogP contribution in [0.4, 0.5) is 17.1 Å². The van der Waals surface area contributed by atoms with E-state index in [0.29, 0.717) is 0 Å². The highest BCUT2D eigenvalue weighted by Gasteiger charge is 2.17. The number of para-hydroxylation sites is 1. The van der Waals surface area contributed by atoms with E-state index in [9.17, 15) is 0 Å². The van der Waals surface area contributed by atoms with Crippen LogP contribution in [0.15, 0.2) is 168 Å². The quantitative estimate of drug-likeness (QED) is 0.199. The van der Waals surface area contributed by atoms with Gasteiger partial charge in [-0.1, -0.05) is 115 Å². The van der Waals surface area contributed by atoms with Crippen molar-refractivity contribution >= 4 is 71.3 Å². The molecule has 0 N–H and O–H groups in total. The lowest BCUT2D eigenvalue weighted by Crippen LogP contribution is -2.10. The van der Waals surface area contributed by atoms with Crippen LogP contribution in [0.1, 0.15) is 0 Å². The number of hydrogen-bond donors (Lipinski definition) is 0. The van der Waals surface area contributed by atoms with Crippen LogP contribution in [0.3, 0.4) is 0 Å². The van der Waals surface area contributed by atoms with Crippen molar-refractivity contribution in [2.45, 2.75) is 0 Å². The smallest absolute Gasteiger partial charge is 0.136 e. The van der Waals surface area contributed by atoms with Crippen LogP contribution in [-0.4, -0.2) is 0 Å². The van der Waals surface area contributed by atoms with E-state index < -0.39 is 0 Å². The molecule has 0 spiro atoms. The van der Waals surface area contributed by atoms with Crippen molar-refractivity contribution in [1.29, 1.82) is 0 Å². The van der Waals surface area contributed by atoms with Crippen molar-refractivity contribution in [3.8, 4) is 11.1 Å². The van der Waals surface area contributed by atoms with Crippen LogP contribution in [-0.2, 0) is 0 Å². The minimum absolute atomic E-state index is 0.917. The molecule has 0 aliphatic heterocycles. The van der Waals surface area contributed by atoms with Crippen molar-refractivity contribution in [2.24, 2.45) is 0 Å². The number of fused-ring (bicyclic) bond motifs is 8. The maximum Gasteiger partial charge on any atom is 0.136 e. The van der Waals surface area contributed by atoms with Gasteiger partial charge in [0.2, 0.25) is 0 Å². The summed E-state index contributed by atoms with van der Waals surface area (Å²) in [6, 6.07) is 58.7. The Balaban J connectivity index is 1.26. The highest BCUT2D eigenvalue weighted by Crippen LogP contribution is 2.41. The molecule has 1 heterocycles. The average Bonchev–Trinajstić information content (AvgIpc) is 3.48. The van der Waals surface area contributed by atoms with Crippen molar-refractivity contribution in [3.05, 3.63) is 164 Å². The van der Waals surface area contributed by atoms with Crippen LogP contribution in [0.25, 0.3) is 65.4 Å². The van der Waals surface area contributed by atoms with Crippen molar-refractivity contribution in [2.75, 3.05) is 4.90 Å². The number of nitrogens with zero attached hydrogens (tertiary/aromatic N) is 1. The van der Waals surface area contributed by atoms with E-state index in [1.165, 1.54) is 48.8 Å². The first-order chi connectivity index (χ1) is 21.8. The predicted molar refractivity (Wildman–Crippen MR) is 186 cm³/mol. The SMILES string of the molecule is c1ccc(-c2cccc(N(c3ccc4c(ccc5ccccc54)c3)c3ccc4c(ccc5oc6ccccc6c54)c3)c2)cc1. The Morgan fingerprint density at radius 3 is 1.82 bits per heavy atom. The van der Waals surface area contributed by atoms with E-state index in [0.717, 1.165) is 33.6 Å². The van der Waals surface area contributed by atoms with Gasteiger partial charge >= 0.3 is 0 Å². The van der Waals surface area contributed by atoms with Crippen molar-refractivity contribution in [1.82, 2.24) is 0 Å². The Kier molecular flexibility index (Phi) is 5.54.